The number of hydrogen-bond donors (Lipinski definition) is 0. The SMILES string of the molecule is CCCCCC1CC=C(C)C1(C)C. The number of hydrogen-bond acceptors (Lipinski definition) is 0. The van der Waals surface area contributed by atoms with Crippen molar-refractivity contribution < 1.29 is 0 Å². The zero-order valence-electron chi connectivity index (χ0n) is 9.69. The van der Waals surface area contributed by atoms with Crippen LogP contribution >= 0.6 is 0 Å². The van der Waals surface area contributed by atoms with Gasteiger partial charge in [0.25, 0.3) is 0 Å². The van der Waals surface area contributed by atoms with Gasteiger partial charge in [-0.05, 0) is 31.1 Å². The van der Waals surface area contributed by atoms with Crippen LogP contribution in [0.4, 0.5) is 0 Å². The maximum absolute atomic E-state index is 2.44. The van der Waals surface area contributed by atoms with E-state index >= 15 is 0 Å². The minimum atomic E-state index is 0.480. The van der Waals surface area contributed by atoms with Crippen LogP contribution in [0.25, 0.3) is 0 Å². The van der Waals surface area contributed by atoms with Crippen molar-refractivity contribution in [3.8, 4) is 0 Å². The van der Waals surface area contributed by atoms with Gasteiger partial charge in [-0.2, -0.15) is 0 Å². The molecule has 1 aliphatic rings. The van der Waals surface area contributed by atoms with E-state index in [1.165, 1.54) is 32.1 Å². The number of rotatable bonds is 4. The lowest BCUT2D eigenvalue weighted by Gasteiger charge is -2.29. The molecule has 0 nitrogen and oxygen atoms in total. The molecule has 0 bridgehead atoms. The molecule has 0 heterocycles. The van der Waals surface area contributed by atoms with Gasteiger partial charge in [0.1, 0.15) is 0 Å². The van der Waals surface area contributed by atoms with Gasteiger partial charge in [-0.25, -0.2) is 0 Å². The van der Waals surface area contributed by atoms with E-state index in [9.17, 15) is 0 Å². The predicted molar refractivity (Wildman–Crippen MR) is 59.8 cm³/mol. The van der Waals surface area contributed by atoms with Crippen LogP contribution in [0.15, 0.2) is 11.6 Å². The molecule has 76 valence electrons. The summed E-state index contributed by atoms with van der Waals surface area (Å²) in [6, 6.07) is 0. The minimum Gasteiger partial charge on any atom is -0.0848 e. The van der Waals surface area contributed by atoms with Crippen LogP contribution in [0.1, 0.15) is 59.8 Å². The Hall–Kier alpha value is -0.260. The molecule has 0 radical (unpaired) electrons. The van der Waals surface area contributed by atoms with Gasteiger partial charge in [-0.1, -0.05) is 51.7 Å². The highest BCUT2D eigenvalue weighted by Gasteiger charge is 2.33. The highest BCUT2D eigenvalue weighted by molar-refractivity contribution is 5.17. The van der Waals surface area contributed by atoms with Gasteiger partial charge in [-0.15, -0.1) is 0 Å². The first-order valence-electron chi connectivity index (χ1n) is 5.76. The van der Waals surface area contributed by atoms with Gasteiger partial charge in [0.2, 0.25) is 0 Å². The molecule has 0 heteroatoms. The summed E-state index contributed by atoms with van der Waals surface area (Å²) in [6.45, 7) is 9.38. The Morgan fingerprint density at radius 2 is 2.08 bits per heavy atom. The highest BCUT2D eigenvalue weighted by Crippen LogP contribution is 2.45. The molecule has 13 heavy (non-hydrogen) atoms. The van der Waals surface area contributed by atoms with Crippen LogP contribution in [0.5, 0.6) is 0 Å². The van der Waals surface area contributed by atoms with Crippen LogP contribution in [0, 0.1) is 11.3 Å². The van der Waals surface area contributed by atoms with Crippen molar-refractivity contribution in [2.75, 3.05) is 0 Å². The topological polar surface area (TPSA) is 0 Å². The standard InChI is InChI=1S/C13H24/c1-5-6-7-8-12-10-9-11(2)13(12,3)4/h9,12H,5-8,10H2,1-4H3. The molecule has 0 aromatic rings. The molecule has 1 aliphatic carbocycles. The van der Waals surface area contributed by atoms with Crippen LogP contribution in [0.3, 0.4) is 0 Å². The Kier molecular flexibility index (Phi) is 3.58. The molecular weight excluding hydrogens is 156 g/mol. The minimum absolute atomic E-state index is 0.480. The van der Waals surface area contributed by atoms with Crippen molar-refractivity contribution in [1.82, 2.24) is 0 Å². The summed E-state index contributed by atoms with van der Waals surface area (Å²) in [5.41, 5.74) is 2.09. The van der Waals surface area contributed by atoms with Gasteiger partial charge < -0.3 is 0 Å². The molecule has 1 unspecified atom stereocenters. The zero-order chi connectivity index (χ0) is 9.90. The van der Waals surface area contributed by atoms with Crippen molar-refractivity contribution in [3.05, 3.63) is 11.6 Å². The highest BCUT2D eigenvalue weighted by atomic mass is 14.4. The second kappa shape index (κ2) is 4.30. The van der Waals surface area contributed by atoms with Crippen LogP contribution in [-0.2, 0) is 0 Å². The lowest BCUT2D eigenvalue weighted by molar-refractivity contribution is 0.268. The molecule has 0 amide bonds. The lowest BCUT2D eigenvalue weighted by atomic mass is 9.75. The third kappa shape index (κ3) is 2.36. The fraction of sp³-hybridized carbons (Fsp3) is 0.846. The van der Waals surface area contributed by atoms with Gasteiger partial charge >= 0.3 is 0 Å². The van der Waals surface area contributed by atoms with E-state index in [-0.39, 0.29) is 0 Å². The van der Waals surface area contributed by atoms with E-state index in [2.05, 4.69) is 33.8 Å². The lowest BCUT2D eigenvalue weighted by Crippen LogP contribution is -2.20. The van der Waals surface area contributed by atoms with Crippen molar-refractivity contribution in [1.29, 1.82) is 0 Å². The average molecular weight is 180 g/mol. The van der Waals surface area contributed by atoms with E-state index < -0.39 is 0 Å². The van der Waals surface area contributed by atoms with E-state index in [1.54, 1.807) is 5.57 Å². The Labute approximate surface area is 83.4 Å². The van der Waals surface area contributed by atoms with Gasteiger partial charge in [0.15, 0.2) is 0 Å². The molecule has 0 aromatic carbocycles. The smallest absolute Gasteiger partial charge is 0.0116 e. The van der Waals surface area contributed by atoms with Crippen molar-refractivity contribution >= 4 is 0 Å². The number of allylic oxidation sites excluding steroid dienone is 2. The fourth-order valence-electron chi connectivity index (χ4n) is 2.32. The fourth-order valence-corrected chi connectivity index (χ4v) is 2.32. The van der Waals surface area contributed by atoms with Crippen LogP contribution < -0.4 is 0 Å². The molecule has 0 saturated heterocycles. The third-order valence-electron chi connectivity index (χ3n) is 3.90. The van der Waals surface area contributed by atoms with Crippen molar-refractivity contribution in [2.24, 2.45) is 11.3 Å². The average Bonchev–Trinajstić information content (AvgIpc) is 2.32. The number of unbranched alkanes of at least 4 members (excludes halogenated alkanes) is 2. The van der Waals surface area contributed by atoms with E-state index in [1.807, 2.05) is 0 Å². The Balaban J connectivity index is 2.38. The molecular formula is C13H24. The Bertz CT molecular complexity index is 186. The molecule has 0 aromatic heterocycles. The maximum Gasteiger partial charge on any atom is -0.0116 e. The zero-order valence-corrected chi connectivity index (χ0v) is 9.69. The van der Waals surface area contributed by atoms with Crippen LogP contribution in [-0.4, -0.2) is 0 Å². The first kappa shape index (κ1) is 10.8. The van der Waals surface area contributed by atoms with Gasteiger partial charge in [0, 0.05) is 0 Å². The largest absolute Gasteiger partial charge is 0.0848 e. The summed E-state index contributed by atoms with van der Waals surface area (Å²) in [5, 5.41) is 0. The summed E-state index contributed by atoms with van der Waals surface area (Å²) >= 11 is 0. The van der Waals surface area contributed by atoms with Gasteiger partial charge in [0.05, 0.1) is 0 Å². The Morgan fingerprint density at radius 3 is 2.54 bits per heavy atom. The summed E-state index contributed by atoms with van der Waals surface area (Å²) in [5.74, 6) is 0.916. The molecule has 0 spiro atoms. The summed E-state index contributed by atoms with van der Waals surface area (Å²) < 4.78 is 0. The normalized spacial score (nSPS) is 26.2. The molecule has 0 N–H and O–H groups in total. The molecule has 0 fully saturated rings. The first-order chi connectivity index (χ1) is 6.09. The second-order valence-electron chi connectivity index (χ2n) is 5.04. The monoisotopic (exact) mass is 180 g/mol. The van der Waals surface area contributed by atoms with Crippen molar-refractivity contribution in [3.63, 3.8) is 0 Å². The maximum atomic E-state index is 2.44. The molecule has 0 saturated carbocycles. The molecule has 0 aliphatic heterocycles. The van der Waals surface area contributed by atoms with Crippen molar-refractivity contribution in [2.45, 2.75) is 59.8 Å². The molecule has 1 atom stereocenters. The summed E-state index contributed by atoms with van der Waals surface area (Å²) in [6.07, 6.45) is 9.37. The van der Waals surface area contributed by atoms with Crippen LogP contribution in [0.2, 0.25) is 0 Å². The third-order valence-corrected chi connectivity index (χ3v) is 3.90. The summed E-state index contributed by atoms with van der Waals surface area (Å²) in [4.78, 5) is 0. The quantitative estimate of drug-likeness (QED) is 0.439. The van der Waals surface area contributed by atoms with Gasteiger partial charge in [-0.3, -0.25) is 0 Å². The van der Waals surface area contributed by atoms with E-state index in [0.717, 1.165) is 5.92 Å². The first-order valence-corrected chi connectivity index (χ1v) is 5.76. The predicted octanol–water partition coefficient (Wildman–Crippen LogP) is 4.56. The molecule has 1 rings (SSSR count). The van der Waals surface area contributed by atoms with E-state index in [0.29, 0.717) is 5.41 Å². The second-order valence-corrected chi connectivity index (χ2v) is 5.04. The summed E-state index contributed by atoms with van der Waals surface area (Å²) in [7, 11) is 0. The van der Waals surface area contributed by atoms with E-state index in [4.69, 9.17) is 0 Å². The Morgan fingerprint density at radius 1 is 1.38 bits per heavy atom.